The van der Waals surface area contributed by atoms with E-state index in [9.17, 15) is 0 Å². The Labute approximate surface area is 185 Å². The van der Waals surface area contributed by atoms with Crippen molar-refractivity contribution in [2.24, 2.45) is 0 Å². The maximum Gasteiger partial charge on any atom is 0.0730 e. The molecule has 152 valence electrons. The van der Waals surface area contributed by atoms with Crippen LogP contribution in [0.5, 0.6) is 0 Å². The van der Waals surface area contributed by atoms with E-state index in [2.05, 4.69) is 97.0 Å². The van der Waals surface area contributed by atoms with Crippen LogP contribution in [0.2, 0.25) is 0 Å². The fourth-order valence-corrected chi connectivity index (χ4v) is 3.57. The first-order valence-corrected chi connectivity index (χ1v) is 9.43. The van der Waals surface area contributed by atoms with Crippen molar-refractivity contribution >= 4 is 52.2 Å². The number of fused-ring (bicyclic) bond motifs is 2. The molecule has 0 fully saturated rings. The van der Waals surface area contributed by atoms with E-state index in [1.165, 1.54) is 21.8 Å². The van der Waals surface area contributed by atoms with E-state index in [1.54, 1.807) is 0 Å². The summed E-state index contributed by atoms with van der Waals surface area (Å²) < 4.78 is 0. The van der Waals surface area contributed by atoms with Crippen LogP contribution in [0, 0.1) is 0 Å². The molecule has 0 saturated heterocycles. The molecule has 3 nitrogen and oxygen atoms in total. The average molecular weight is 428 g/mol. The number of hydrogen-bond donors (Lipinski definition) is 1. The molecule has 1 heterocycles. The minimum atomic E-state index is 0. The van der Waals surface area contributed by atoms with Crippen LogP contribution in [0.4, 0.5) is 5.69 Å². The summed E-state index contributed by atoms with van der Waals surface area (Å²) in [5, 5.41) is 7.00. The quantitative estimate of drug-likeness (QED) is 0.426. The van der Waals surface area contributed by atoms with Crippen molar-refractivity contribution < 1.29 is 0 Å². The molecule has 1 aromatic heterocycles. The van der Waals surface area contributed by atoms with E-state index >= 15 is 0 Å². The number of pyridine rings is 1. The van der Waals surface area contributed by atoms with Gasteiger partial charge in [-0.2, -0.15) is 0 Å². The lowest BCUT2D eigenvalue weighted by atomic mass is 10.0. The molecule has 0 aliphatic rings. The van der Waals surface area contributed by atoms with Gasteiger partial charge in [0.25, 0.3) is 0 Å². The normalized spacial score (nSPS) is 11.6. The lowest BCUT2D eigenvalue weighted by molar-refractivity contribution is 0.605. The molecule has 0 spiro atoms. The van der Waals surface area contributed by atoms with Crippen molar-refractivity contribution in [1.82, 2.24) is 10.3 Å². The summed E-state index contributed by atoms with van der Waals surface area (Å²) in [4.78, 5) is 7.27. The third-order valence-electron chi connectivity index (χ3n) is 5.19. The first kappa shape index (κ1) is 23.0. The van der Waals surface area contributed by atoms with Gasteiger partial charge in [-0.3, -0.25) is 0 Å². The van der Waals surface area contributed by atoms with E-state index in [4.69, 9.17) is 4.98 Å². The van der Waals surface area contributed by atoms with Crippen LogP contribution in [0.3, 0.4) is 0 Å². The summed E-state index contributed by atoms with van der Waals surface area (Å²) in [7, 11) is 4.16. The molecule has 0 amide bonds. The van der Waals surface area contributed by atoms with Gasteiger partial charge in [-0.1, -0.05) is 54.6 Å². The maximum atomic E-state index is 4.95. The van der Waals surface area contributed by atoms with Crippen molar-refractivity contribution in [1.29, 1.82) is 0 Å². The van der Waals surface area contributed by atoms with Crippen LogP contribution in [0.15, 0.2) is 72.8 Å². The number of aromatic nitrogens is 1. The van der Waals surface area contributed by atoms with Crippen LogP contribution < -0.4 is 10.2 Å². The highest BCUT2D eigenvalue weighted by Gasteiger charge is 2.13. The highest BCUT2D eigenvalue weighted by Crippen LogP contribution is 2.31. The topological polar surface area (TPSA) is 28.2 Å². The summed E-state index contributed by atoms with van der Waals surface area (Å²) in [6, 6.07) is 26.0. The smallest absolute Gasteiger partial charge is 0.0730 e. The van der Waals surface area contributed by atoms with Crippen molar-refractivity contribution in [3.05, 3.63) is 72.8 Å². The molecule has 0 aliphatic heterocycles. The molecule has 0 saturated carbocycles. The number of likely N-dealkylation sites (N-methyl/N-ethyl adjacent to an activating group) is 2. The molecule has 1 N–H and O–H groups in total. The van der Waals surface area contributed by atoms with Gasteiger partial charge in [-0.15, -0.1) is 24.8 Å². The van der Waals surface area contributed by atoms with Crippen molar-refractivity contribution in [2.75, 3.05) is 25.5 Å². The molecule has 0 bridgehead atoms. The molecule has 4 rings (SSSR count). The predicted molar refractivity (Wildman–Crippen MR) is 131 cm³/mol. The zero-order valence-corrected chi connectivity index (χ0v) is 18.6. The number of nitrogens with one attached hydrogen (secondary N) is 1. The first-order chi connectivity index (χ1) is 13.2. The number of anilines is 1. The van der Waals surface area contributed by atoms with Gasteiger partial charge in [0, 0.05) is 36.3 Å². The lowest BCUT2D eigenvalue weighted by Gasteiger charge is -2.25. The van der Waals surface area contributed by atoms with Crippen LogP contribution in [-0.4, -0.2) is 31.7 Å². The van der Waals surface area contributed by atoms with Gasteiger partial charge in [0.1, 0.15) is 0 Å². The number of benzene rings is 3. The average Bonchev–Trinajstić information content (AvgIpc) is 2.72. The number of hydrogen-bond acceptors (Lipinski definition) is 3. The van der Waals surface area contributed by atoms with Gasteiger partial charge in [-0.05, 0) is 42.9 Å². The molecular weight excluding hydrogens is 401 g/mol. The zero-order valence-electron chi connectivity index (χ0n) is 16.9. The van der Waals surface area contributed by atoms with Crippen molar-refractivity contribution in [3.8, 4) is 11.3 Å². The summed E-state index contributed by atoms with van der Waals surface area (Å²) >= 11 is 0. The van der Waals surface area contributed by atoms with Gasteiger partial charge in [0.15, 0.2) is 0 Å². The largest absolute Gasteiger partial charge is 0.372 e. The Bertz CT molecular complexity index is 1100. The molecule has 29 heavy (non-hydrogen) atoms. The highest BCUT2D eigenvalue weighted by molar-refractivity contribution is 5.95. The molecule has 0 radical (unpaired) electrons. The third kappa shape index (κ3) is 4.81. The Morgan fingerprint density at radius 1 is 0.897 bits per heavy atom. The van der Waals surface area contributed by atoms with Crippen LogP contribution in [-0.2, 0) is 0 Å². The Morgan fingerprint density at radius 3 is 2.34 bits per heavy atom. The molecule has 3 aromatic carbocycles. The second-order valence-electron chi connectivity index (χ2n) is 7.18. The summed E-state index contributed by atoms with van der Waals surface area (Å²) in [6.07, 6.45) is 0. The van der Waals surface area contributed by atoms with Crippen molar-refractivity contribution in [2.45, 2.75) is 13.0 Å². The van der Waals surface area contributed by atoms with E-state index in [1.807, 2.05) is 7.05 Å². The predicted octanol–water partition coefficient (Wildman–Crippen LogP) is 5.94. The summed E-state index contributed by atoms with van der Waals surface area (Å²) in [5.41, 5.74) is 4.40. The first-order valence-electron chi connectivity index (χ1n) is 9.43. The minimum absolute atomic E-state index is 0. The second kappa shape index (κ2) is 9.93. The SMILES string of the molecule is CNC(C)CN(C)c1cc(-c2ccc3ccccc3c2)nc2ccccc12.Cl.Cl. The van der Waals surface area contributed by atoms with Gasteiger partial charge in [-0.25, -0.2) is 4.98 Å². The third-order valence-corrected chi connectivity index (χ3v) is 5.19. The maximum absolute atomic E-state index is 4.95. The van der Waals surface area contributed by atoms with E-state index in [-0.39, 0.29) is 24.8 Å². The van der Waals surface area contributed by atoms with Gasteiger partial charge >= 0.3 is 0 Å². The molecule has 1 atom stereocenters. The Kier molecular flexibility index (Phi) is 7.86. The van der Waals surface area contributed by atoms with Gasteiger partial charge in [0.2, 0.25) is 0 Å². The van der Waals surface area contributed by atoms with Crippen molar-refractivity contribution in [3.63, 3.8) is 0 Å². The molecule has 4 aromatic rings. The van der Waals surface area contributed by atoms with E-state index in [0.717, 1.165) is 23.3 Å². The van der Waals surface area contributed by atoms with E-state index < -0.39 is 0 Å². The Balaban J connectivity index is 0.00000150. The zero-order chi connectivity index (χ0) is 18.8. The number of halogens is 2. The highest BCUT2D eigenvalue weighted by atomic mass is 35.5. The number of para-hydroxylation sites is 1. The second-order valence-corrected chi connectivity index (χ2v) is 7.18. The number of nitrogens with zero attached hydrogens (tertiary/aromatic N) is 2. The van der Waals surface area contributed by atoms with Crippen LogP contribution in [0.1, 0.15) is 6.92 Å². The van der Waals surface area contributed by atoms with Crippen LogP contribution in [0.25, 0.3) is 32.9 Å². The standard InChI is InChI=1S/C24H25N3.2ClH/c1-17(25-2)16-27(3)24-15-23(26-22-11-7-6-10-21(22)24)20-13-12-18-8-4-5-9-19(18)14-20;;/h4-15,17,25H,16H2,1-3H3;2*1H. The summed E-state index contributed by atoms with van der Waals surface area (Å²) in [5.74, 6) is 0. The molecule has 5 heteroatoms. The van der Waals surface area contributed by atoms with Crippen LogP contribution >= 0.6 is 24.8 Å². The molecular formula is C24H27Cl2N3. The van der Waals surface area contributed by atoms with Gasteiger partial charge < -0.3 is 10.2 Å². The van der Waals surface area contributed by atoms with Gasteiger partial charge in [0.05, 0.1) is 11.2 Å². The van der Waals surface area contributed by atoms with E-state index in [0.29, 0.717) is 6.04 Å². The molecule has 0 aliphatic carbocycles. The fourth-order valence-electron chi connectivity index (χ4n) is 3.57. The monoisotopic (exact) mass is 427 g/mol. The Hall–Kier alpha value is -2.33. The lowest BCUT2D eigenvalue weighted by Crippen LogP contribution is -2.35. The summed E-state index contributed by atoms with van der Waals surface area (Å²) in [6.45, 7) is 3.13. The molecule has 1 unspecified atom stereocenters. The number of rotatable bonds is 5. The Morgan fingerprint density at radius 2 is 1.59 bits per heavy atom. The fraction of sp³-hybridized carbons (Fsp3) is 0.208. The minimum Gasteiger partial charge on any atom is -0.372 e.